The van der Waals surface area contributed by atoms with Crippen LogP contribution >= 0.6 is 0 Å². The molecule has 1 amide bonds. The normalized spacial score (nSPS) is 18.7. The van der Waals surface area contributed by atoms with Crippen molar-refractivity contribution in [2.24, 2.45) is 5.92 Å². The number of likely N-dealkylation sites (tertiary alicyclic amines) is 1. The molecule has 5 heteroatoms. The molecule has 0 radical (unpaired) electrons. The van der Waals surface area contributed by atoms with Crippen LogP contribution in [0.1, 0.15) is 39.5 Å². The first kappa shape index (κ1) is 15.0. The minimum Gasteiger partial charge on any atom is -0.481 e. The van der Waals surface area contributed by atoms with Crippen LogP contribution in [-0.2, 0) is 14.3 Å². The molecule has 1 aliphatic rings. The first-order valence-electron chi connectivity index (χ1n) is 6.64. The zero-order valence-corrected chi connectivity index (χ0v) is 11.2. The van der Waals surface area contributed by atoms with Crippen molar-refractivity contribution in [2.45, 2.75) is 45.6 Å². The van der Waals surface area contributed by atoms with Crippen molar-refractivity contribution in [3.05, 3.63) is 0 Å². The van der Waals surface area contributed by atoms with Crippen molar-refractivity contribution in [3.8, 4) is 0 Å². The van der Waals surface area contributed by atoms with E-state index in [9.17, 15) is 9.59 Å². The number of piperidine rings is 1. The maximum absolute atomic E-state index is 11.9. The lowest BCUT2D eigenvalue weighted by atomic mass is 10.0. The average Bonchev–Trinajstić information content (AvgIpc) is 2.29. The van der Waals surface area contributed by atoms with E-state index in [0.717, 1.165) is 25.9 Å². The van der Waals surface area contributed by atoms with E-state index in [0.29, 0.717) is 13.0 Å². The first-order chi connectivity index (χ1) is 8.52. The Hall–Kier alpha value is -1.10. The second-order valence-electron chi connectivity index (χ2n) is 4.94. The van der Waals surface area contributed by atoms with E-state index in [1.807, 2.05) is 11.8 Å². The number of hydrogen-bond donors (Lipinski definition) is 1. The summed E-state index contributed by atoms with van der Waals surface area (Å²) in [5.74, 6) is -0.872. The number of carbonyl (C=O) groups excluding carboxylic acids is 1. The van der Waals surface area contributed by atoms with E-state index in [1.54, 1.807) is 6.92 Å². The molecule has 1 atom stereocenters. The lowest BCUT2D eigenvalue weighted by molar-refractivity contribution is -0.139. The Morgan fingerprint density at radius 2 is 1.94 bits per heavy atom. The number of aliphatic carboxylic acids is 1. The van der Waals surface area contributed by atoms with Gasteiger partial charge in [-0.05, 0) is 25.7 Å². The van der Waals surface area contributed by atoms with Crippen LogP contribution in [0.15, 0.2) is 0 Å². The maximum Gasteiger partial charge on any atom is 0.303 e. The number of carboxylic acid groups (broad SMARTS) is 1. The smallest absolute Gasteiger partial charge is 0.303 e. The van der Waals surface area contributed by atoms with Crippen molar-refractivity contribution in [1.82, 2.24) is 4.90 Å². The number of carbonyl (C=O) groups is 2. The van der Waals surface area contributed by atoms with Gasteiger partial charge in [-0.2, -0.15) is 0 Å². The van der Waals surface area contributed by atoms with Crippen molar-refractivity contribution in [2.75, 3.05) is 19.7 Å². The van der Waals surface area contributed by atoms with Gasteiger partial charge in [0.1, 0.15) is 0 Å². The molecule has 0 aliphatic carbocycles. The Morgan fingerprint density at radius 1 is 1.33 bits per heavy atom. The number of rotatable bonds is 6. The van der Waals surface area contributed by atoms with E-state index in [-0.39, 0.29) is 24.3 Å². The summed E-state index contributed by atoms with van der Waals surface area (Å²) >= 11 is 0. The van der Waals surface area contributed by atoms with Gasteiger partial charge < -0.3 is 14.7 Å². The Bertz CT molecular complexity index is 285. The Morgan fingerprint density at radius 3 is 2.44 bits per heavy atom. The van der Waals surface area contributed by atoms with Crippen LogP contribution in [0.4, 0.5) is 0 Å². The van der Waals surface area contributed by atoms with Gasteiger partial charge in [0.25, 0.3) is 0 Å². The molecule has 0 saturated carbocycles. The lowest BCUT2D eigenvalue weighted by Crippen LogP contribution is -2.41. The fourth-order valence-electron chi connectivity index (χ4n) is 2.31. The molecule has 5 nitrogen and oxygen atoms in total. The second-order valence-corrected chi connectivity index (χ2v) is 4.94. The van der Waals surface area contributed by atoms with Crippen LogP contribution in [0, 0.1) is 5.92 Å². The highest BCUT2D eigenvalue weighted by Crippen LogP contribution is 2.17. The van der Waals surface area contributed by atoms with Crippen molar-refractivity contribution < 1.29 is 19.4 Å². The third kappa shape index (κ3) is 5.04. The molecule has 0 aromatic rings. The summed E-state index contributed by atoms with van der Waals surface area (Å²) in [6, 6.07) is 0. The fourth-order valence-corrected chi connectivity index (χ4v) is 2.31. The van der Waals surface area contributed by atoms with E-state index in [1.165, 1.54) is 0 Å². The highest BCUT2D eigenvalue weighted by molar-refractivity contribution is 5.77. The van der Waals surface area contributed by atoms with Gasteiger partial charge in [-0.15, -0.1) is 0 Å². The highest BCUT2D eigenvalue weighted by atomic mass is 16.5. The van der Waals surface area contributed by atoms with Crippen molar-refractivity contribution in [1.29, 1.82) is 0 Å². The number of amides is 1. The average molecular weight is 257 g/mol. The molecule has 0 bridgehead atoms. The van der Waals surface area contributed by atoms with Crippen molar-refractivity contribution >= 4 is 11.9 Å². The quantitative estimate of drug-likeness (QED) is 0.783. The number of nitrogens with zero attached hydrogens (tertiary/aromatic N) is 1. The molecule has 1 saturated heterocycles. The number of ether oxygens (including phenoxy) is 1. The van der Waals surface area contributed by atoms with Gasteiger partial charge in [0.2, 0.25) is 5.91 Å². The first-order valence-corrected chi connectivity index (χ1v) is 6.64. The Labute approximate surface area is 108 Å². The highest BCUT2D eigenvalue weighted by Gasteiger charge is 2.24. The van der Waals surface area contributed by atoms with E-state index in [4.69, 9.17) is 9.84 Å². The van der Waals surface area contributed by atoms with Gasteiger partial charge in [0.15, 0.2) is 0 Å². The fraction of sp³-hybridized carbons (Fsp3) is 0.846. The van der Waals surface area contributed by atoms with E-state index < -0.39 is 5.97 Å². The van der Waals surface area contributed by atoms with Crippen LogP contribution < -0.4 is 0 Å². The van der Waals surface area contributed by atoms with Gasteiger partial charge in [0.05, 0.1) is 6.10 Å². The van der Waals surface area contributed by atoms with Crippen LogP contribution in [0.2, 0.25) is 0 Å². The Balaban J connectivity index is 2.29. The van der Waals surface area contributed by atoms with Crippen LogP contribution in [0.3, 0.4) is 0 Å². The molecule has 1 N–H and O–H groups in total. The molecular formula is C13H23NO4. The lowest BCUT2D eigenvalue weighted by Gasteiger charge is -2.32. The molecule has 0 aromatic heterocycles. The molecule has 1 rings (SSSR count). The van der Waals surface area contributed by atoms with Crippen LogP contribution in [-0.4, -0.2) is 47.7 Å². The van der Waals surface area contributed by atoms with Crippen LogP contribution in [0.25, 0.3) is 0 Å². The summed E-state index contributed by atoms with van der Waals surface area (Å²) < 4.78 is 5.53. The topological polar surface area (TPSA) is 66.8 Å². The van der Waals surface area contributed by atoms with Crippen molar-refractivity contribution in [3.63, 3.8) is 0 Å². The summed E-state index contributed by atoms with van der Waals surface area (Å²) in [6.07, 6.45) is 2.42. The molecule has 1 aliphatic heterocycles. The zero-order valence-electron chi connectivity index (χ0n) is 11.2. The predicted octanol–water partition coefficient (Wildman–Crippen LogP) is 1.51. The maximum atomic E-state index is 11.9. The molecule has 1 heterocycles. The zero-order chi connectivity index (χ0) is 13.5. The molecule has 1 fully saturated rings. The molecule has 104 valence electrons. The SMILES string of the molecule is CCOC1CCN(C(=O)CC(C)CC(=O)O)CC1. The Kier molecular flexibility index (Phi) is 6.12. The number of carboxylic acids is 1. The standard InChI is InChI=1S/C13H23NO4/c1-3-18-11-4-6-14(7-5-11)12(15)8-10(2)9-13(16)17/h10-11H,3-9H2,1-2H3,(H,16,17). The second kappa shape index (κ2) is 7.36. The van der Waals surface area contributed by atoms with Gasteiger partial charge in [-0.3, -0.25) is 9.59 Å². The van der Waals surface area contributed by atoms with Gasteiger partial charge in [-0.1, -0.05) is 6.92 Å². The third-order valence-electron chi connectivity index (χ3n) is 3.24. The molecule has 0 spiro atoms. The third-order valence-corrected chi connectivity index (χ3v) is 3.24. The largest absolute Gasteiger partial charge is 0.481 e. The summed E-state index contributed by atoms with van der Waals surface area (Å²) in [5, 5.41) is 8.66. The molecule has 1 unspecified atom stereocenters. The van der Waals surface area contributed by atoms with E-state index in [2.05, 4.69) is 0 Å². The summed E-state index contributed by atoms with van der Waals surface area (Å²) in [6.45, 7) is 5.95. The van der Waals surface area contributed by atoms with Crippen LogP contribution in [0.5, 0.6) is 0 Å². The van der Waals surface area contributed by atoms with E-state index >= 15 is 0 Å². The van der Waals surface area contributed by atoms with Gasteiger partial charge in [0, 0.05) is 32.5 Å². The summed E-state index contributed by atoms with van der Waals surface area (Å²) in [4.78, 5) is 24.3. The summed E-state index contributed by atoms with van der Waals surface area (Å²) in [7, 11) is 0. The number of hydrogen-bond acceptors (Lipinski definition) is 3. The monoisotopic (exact) mass is 257 g/mol. The molecular weight excluding hydrogens is 234 g/mol. The van der Waals surface area contributed by atoms with Gasteiger partial charge in [-0.25, -0.2) is 0 Å². The minimum absolute atomic E-state index is 0.0567. The van der Waals surface area contributed by atoms with Gasteiger partial charge >= 0.3 is 5.97 Å². The molecule has 0 aromatic carbocycles. The summed E-state index contributed by atoms with van der Waals surface area (Å²) in [5.41, 5.74) is 0. The minimum atomic E-state index is -0.842. The predicted molar refractivity (Wildman–Crippen MR) is 67.3 cm³/mol. The molecule has 18 heavy (non-hydrogen) atoms.